The lowest BCUT2D eigenvalue weighted by atomic mass is 10.1. The van der Waals surface area contributed by atoms with Crippen LogP contribution in [-0.4, -0.2) is 30.1 Å². The van der Waals surface area contributed by atoms with Gasteiger partial charge in [-0.1, -0.05) is 54.6 Å². The molecular weight excluding hydrogens is 356 g/mol. The summed E-state index contributed by atoms with van der Waals surface area (Å²) >= 11 is 0. The smallest absolute Gasteiger partial charge is 0.127 e. The van der Waals surface area contributed by atoms with Crippen molar-refractivity contribution in [2.75, 3.05) is 13.1 Å². The molecule has 29 heavy (non-hydrogen) atoms. The molecule has 3 heteroatoms. The van der Waals surface area contributed by atoms with Gasteiger partial charge in [0.1, 0.15) is 11.5 Å². The maximum absolute atomic E-state index is 5.85. The Morgan fingerprint density at radius 2 is 1.34 bits per heavy atom. The van der Waals surface area contributed by atoms with Gasteiger partial charge in [0.2, 0.25) is 0 Å². The van der Waals surface area contributed by atoms with Gasteiger partial charge in [0, 0.05) is 25.2 Å². The van der Waals surface area contributed by atoms with Crippen LogP contribution in [0, 0.1) is 0 Å². The molecule has 0 aromatic heterocycles. The Hall–Kier alpha value is -3.04. The van der Waals surface area contributed by atoms with Crippen molar-refractivity contribution in [3.8, 4) is 11.5 Å². The van der Waals surface area contributed by atoms with Crippen LogP contribution in [0.2, 0.25) is 0 Å². The molecule has 0 amide bonds. The molecule has 2 aliphatic rings. The zero-order chi connectivity index (χ0) is 19.5. The van der Waals surface area contributed by atoms with Crippen molar-refractivity contribution in [3.63, 3.8) is 0 Å². The largest absolute Gasteiger partial charge is 0.457 e. The maximum Gasteiger partial charge on any atom is 0.127 e. The van der Waals surface area contributed by atoms with E-state index in [0.717, 1.165) is 24.6 Å². The molecule has 0 atom stereocenters. The van der Waals surface area contributed by atoms with Crippen molar-refractivity contribution in [1.29, 1.82) is 0 Å². The molecule has 0 spiro atoms. The number of ether oxygens (including phenoxy) is 1. The minimum Gasteiger partial charge on any atom is -0.457 e. The molecule has 1 heterocycles. The first-order valence-corrected chi connectivity index (χ1v) is 10.4. The molecule has 1 saturated heterocycles. The van der Waals surface area contributed by atoms with Crippen molar-refractivity contribution >= 4 is 6.08 Å². The summed E-state index contributed by atoms with van der Waals surface area (Å²) in [6, 6.07) is 28.1. The third-order valence-corrected chi connectivity index (χ3v) is 5.77. The van der Waals surface area contributed by atoms with Crippen molar-refractivity contribution in [3.05, 3.63) is 102 Å². The Kier molecular flexibility index (Phi) is 5.06. The van der Waals surface area contributed by atoms with E-state index >= 15 is 0 Å². The molecule has 1 aliphatic carbocycles. The van der Waals surface area contributed by atoms with E-state index in [1.165, 1.54) is 29.5 Å². The predicted octanol–water partition coefficient (Wildman–Crippen LogP) is 4.89. The molecular formula is C26H26N2O. The number of hydrogen-bond acceptors (Lipinski definition) is 3. The van der Waals surface area contributed by atoms with Gasteiger partial charge < -0.3 is 15.0 Å². The first kappa shape index (κ1) is 18.0. The second-order valence-corrected chi connectivity index (χ2v) is 7.99. The number of rotatable bonds is 6. The Balaban J connectivity index is 1.08. The average molecular weight is 383 g/mol. The van der Waals surface area contributed by atoms with Crippen molar-refractivity contribution < 1.29 is 4.74 Å². The van der Waals surface area contributed by atoms with Gasteiger partial charge in [-0.25, -0.2) is 0 Å². The summed E-state index contributed by atoms with van der Waals surface area (Å²) in [5, 5.41) is 3.83. The molecule has 3 aromatic carbocycles. The van der Waals surface area contributed by atoms with Gasteiger partial charge in [-0.3, -0.25) is 0 Å². The zero-order valence-electron chi connectivity index (χ0n) is 16.5. The highest BCUT2D eigenvalue weighted by Gasteiger charge is 2.29. The summed E-state index contributed by atoms with van der Waals surface area (Å²) in [6.07, 6.45) is 6.71. The van der Waals surface area contributed by atoms with E-state index in [1.807, 2.05) is 42.5 Å². The van der Waals surface area contributed by atoms with Gasteiger partial charge in [-0.15, -0.1) is 0 Å². The highest BCUT2D eigenvalue weighted by atomic mass is 16.5. The van der Waals surface area contributed by atoms with Gasteiger partial charge in [-0.2, -0.15) is 0 Å². The first-order valence-electron chi connectivity index (χ1n) is 10.4. The van der Waals surface area contributed by atoms with E-state index in [4.69, 9.17) is 4.74 Å². The minimum atomic E-state index is 0.598. The van der Waals surface area contributed by atoms with E-state index in [2.05, 4.69) is 58.9 Å². The molecule has 0 unspecified atom stereocenters. The molecule has 1 aliphatic heterocycles. The molecule has 5 rings (SSSR count). The summed E-state index contributed by atoms with van der Waals surface area (Å²) in [5.41, 5.74) is 4.22. The maximum atomic E-state index is 5.85. The number of fused-ring (bicyclic) bond motifs is 1. The third kappa shape index (κ3) is 4.36. The zero-order valence-corrected chi connectivity index (χ0v) is 16.5. The van der Waals surface area contributed by atoms with Crippen molar-refractivity contribution in [2.24, 2.45) is 0 Å². The number of nitrogens with zero attached hydrogens (tertiary/aromatic N) is 1. The van der Waals surface area contributed by atoms with Crippen LogP contribution in [0.1, 0.15) is 16.7 Å². The third-order valence-electron chi connectivity index (χ3n) is 5.77. The molecule has 146 valence electrons. The Morgan fingerprint density at radius 3 is 2.03 bits per heavy atom. The summed E-state index contributed by atoms with van der Waals surface area (Å²) in [5.74, 6) is 1.72. The lowest BCUT2D eigenvalue weighted by molar-refractivity contribution is 0.177. The van der Waals surface area contributed by atoms with Crippen LogP contribution < -0.4 is 10.1 Å². The average Bonchev–Trinajstić information content (AvgIpc) is 3.14. The van der Waals surface area contributed by atoms with E-state index in [-0.39, 0.29) is 0 Å². The summed E-state index contributed by atoms with van der Waals surface area (Å²) < 4.78 is 5.85. The molecule has 0 saturated carbocycles. The van der Waals surface area contributed by atoms with Crippen LogP contribution in [0.4, 0.5) is 0 Å². The number of likely N-dealkylation sites (tertiary alicyclic amines) is 1. The van der Waals surface area contributed by atoms with Crippen LogP contribution in [0.3, 0.4) is 0 Å². The lowest BCUT2D eigenvalue weighted by Crippen LogP contribution is -2.58. The fourth-order valence-corrected chi connectivity index (χ4v) is 4.21. The number of benzene rings is 3. The van der Waals surface area contributed by atoms with Crippen LogP contribution in [0.25, 0.3) is 6.08 Å². The van der Waals surface area contributed by atoms with Crippen LogP contribution in [0.5, 0.6) is 11.5 Å². The summed E-state index contributed by atoms with van der Waals surface area (Å²) in [7, 11) is 0. The van der Waals surface area contributed by atoms with Gasteiger partial charge in [0.05, 0.1) is 0 Å². The standard InChI is InChI=1S/C26H26N2O/c1-2-8-25(9-3-1)29-26-12-10-20(11-13-26)14-15-28-18-24(19-28)27-23-16-21-6-4-5-7-22(21)17-23/h1-15,23-24,27H,16-19H2/b15-14+. The first-order chi connectivity index (χ1) is 14.3. The van der Waals surface area contributed by atoms with Gasteiger partial charge in [0.15, 0.2) is 0 Å². The number of nitrogens with one attached hydrogen (secondary N) is 1. The Morgan fingerprint density at radius 1 is 0.724 bits per heavy atom. The van der Waals surface area contributed by atoms with E-state index in [9.17, 15) is 0 Å². The second kappa shape index (κ2) is 8.14. The van der Waals surface area contributed by atoms with E-state index < -0.39 is 0 Å². The monoisotopic (exact) mass is 382 g/mol. The van der Waals surface area contributed by atoms with Crippen LogP contribution in [-0.2, 0) is 12.8 Å². The predicted molar refractivity (Wildman–Crippen MR) is 118 cm³/mol. The molecule has 3 aromatic rings. The summed E-state index contributed by atoms with van der Waals surface area (Å²) in [6.45, 7) is 2.16. The van der Waals surface area contributed by atoms with Gasteiger partial charge in [0.25, 0.3) is 0 Å². The fraction of sp³-hybridized carbons (Fsp3) is 0.231. The molecule has 0 bridgehead atoms. The highest BCUT2D eigenvalue weighted by molar-refractivity contribution is 5.51. The van der Waals surface area contributed by atoms with Crippen molar-refractivity contribution in [1.82, 2.24) is 10.2 Å². The molecule has 0 radical (unpaired) electrons. The van der Waals surface area contributed by atoms with Crippen molar-refractivity contribution in [2.45, 2.75) is 24.9 Å². The van der Waals surface area contributed by atoms with Gasteiger partial charge in [-0.05, 0) is 66.1 Å². The Labute approximate surface area is 172 Å². The molecule has 1 N–H and O–H groups in total. The SMILES string of the molecule is C(=C\N1CC(NC2Cc3ccccc3C2)C1)/c1ccc(Oc2ccccc2)cc1. The number of hydrogen-bond donors (Lipinski definition) is 1. The number of para-hydroxylation sites is 1. The Bertz CT molecular complexity index is 950. The van der Waals surface area contributed by atoms with Gasteiger partial charge >= 0.3 is 0 Å². The van der Waals surface area contributed by atoms with E-state index in [0.29, 0.717) is 12.1 Å². The lowest BCUT2D eigenvalue weighted by Gasteiger charge is -2.40. The fourth-order valence-electron chi connectivity index (χ4n) is 4.21. The quantitative estimate of drug-likeness (QED) is 0.657. The molecule has 1 fully saturated rings. The summed E-state index contributed by atoms with van der Waals surface area (Å²) in [4.78, 5) is 2.37. The van der Waals surface area contributed by atoms with Crippen LogP contribution in [0.15, 0.2) is 85.1 Å². The topological polar surface area (TPSA) is 24.5 Å². The normalized spacial score (nSPS) is 16.8. The van der Waals surface area contributed by atoms with E-state index in [1.54, 1.807) is 0 Å². The minimum absolute atomic E-state index is 0.598. The second-order valence-electron chi connectivity index (χ2n) is 7.99. The highest BCUT2D eigenvalue weighted by Crippen LogP contribution is 2.24. The van der Waals surface area contributed by atoms with Crippen LogP contribution >= 0.6 is 0 Å². The molecule has 3 nitrogen and oxygen atoms in total.